The van der Waals surface area contributed by atoms with Gasteiger partial charge in [0.25, 0.3) is 10.1 Å². The molecule has 2 aromatic rings. The van der Waals surface area contributed by atoms with Crippen LogP contribution in [0.3, 0.4) is 0 Å². The van der Waals surface area contributed by atoms with E-state index >= 15 is 0 Å². The predicted octanol–water partition coefficient (Wildman–Crippen LogP) is 1.79. The largest absolute Gasteiger partial charge is 0.478 e. The van der Waals surface area contributed by atoms with Gasteiger partial charge < -0.3 is 16.6 Å². The highest BCUT2D eigenvalue weighted by Crippen LogP contribution is 2.20. The molecule has 0 unspecified atom stereocenters. The molecule has 2 aromatic carbocycles. The van der Waals surface area contributed by atoms with E-state index in [2.05, 4.69) is 0 Å². The minimum Gasteiger partial charge on any atom is -0.478 e. The molecule has 8 heteroatoms. The summed E-state index contributed by atoms with van der Waals surface area (Å²) in [4.78, 5) is 10.5. The molecular formula is C14H16N2O5S. The Bertz CT molecular complexity index is 773. The molecule has 0 aliphatic heterocycles. The van der Waals surface area contributed by atoms with Gasteiger partial charge in [-0.15, -0.1) is 0 Å². The van der Waals surface area contributed by atoms with Crippen molar-refractivity contribution in [3.63, 3.8) is 0 Å². The zero-order valence-corrected chi connectivity index (χ0v) is 12.5. The zero-order valence-electron chi connectivity index (χ0n) is 11.7. The van der Waals surface area contributed by atoms with Crippen molar-refractivity contribution in [1.82, 2.24) is 0 Å². The van der Waals surface area contributed by atoms with Crippen LogP contribution in [0.25, 0.3) is 0 Å². The Hall–Kier alpha value is -2.58. The molecule has 6 N–H and O–H groups in total. The van der Waals surface area contributed by atoms with E-state index in [1.54, 1.807) is 31.2 Å². The van der Waals surface area contributed by atoms with Gasteiger partial charge in [-0.3, -0.25) is 4.55 Å². The van der Waals surface area contributed by atoms with Crippen LogP contribution in [0.4, 0.5) is 11.4 Å². The van der Waals surface area contributed by atoms with Crippen molar-refractivity contribution in [3.05, 3.63) is 53.6 Å². The lowest BCUT2D eigenvalue weighted by Crippen LogP contribution is -2.04. The number of hydrogen-bond donors (Lipinski definition) is 4. The Kier molecular flexibility index (Phi) is 5.50. The van der Waals surface area contributed by atoms with Crippen LogP contribution in [0.1, 0.15) is 15.9 Å². The van der Waals surface area contributed by atoms with Crippen LogP contribution in [0.2, 0.25) is 0 Å². The van der Waals surface area contributed by atoms with Crippen LogP contribution in [0, 0.1) is 6.92 Å². The molecule has 7 nitrogen and oxygen atoms in total. The van der Waals surface area contributed by atoms with Gasteiger partial charge in [-0.25, -0.2) is 4.79 Å². The average molecular weight is 324 g/mol. The van der Waals surface area contributed by atoms with E-state index in [1.807, 2.05) is 0 Å². The van der Waals surface area contributed by atoms with Crippen molar-refractivity contribution < 1.29 is 22.9 Å². The third kappa shape index (κ3) is 4.76. The summed E-state index contributed by atoms with van der Waals surface area (Å²) in [5.74, 6) is -1.01. The number of rotatable bonds is 2. The van der Waals surface area contributed by atoms with E-state index in [0.29, 0.717) is 16.9 Å². The molecule has 118 valence electrons. The smallest absolute Gasteiger partial charge is 0.336 e. The lowest BCUT2D eigenvalue weighted by atomic mass is 10.1. The summed E-state index contributed by atoms with van der Waals surface area (Å²) >= 11 is 0. The maximum absolute atomic E-state index is 10.6. The minimum absolute atomic E-state index is 0.0741. The number of nitrogen functional groups attached to an aromatic ring is 2. The van der Waals surface area contributed by atoms with Crippen molar-refractivity contribution in [1.29, 1.82) is 0 Å². The highest BCUT2D eigenvalue weighted by atomic mass is 32.2. The van der Waals surface area contributed by atoms with Gasteiger partial charge in [0.05, 0.1) is 10.5 Å². The second-order valence-corrected chi connectivity index (χ2v) is 5.80. The molecule has 0 fully saturated rings. The number of nitrogens with two attached hydrogens (primary N) is 2. The molecule has 0 aliphatic rings. The van der Waals surface area contributed by atoms with Gasteiger partial charge in [0.2, 0.25) is 0 Å². The summed E-state index contributed by atoms with van der Waals surface area (Å²) < 4.78 is 29.2. The summed E-state index contributed by atoms with van der Waals surface area (Å²) in [5, 5.41) is 8.70. The molecule has 0 saturated heterocycles. The lowest BCUT2D eigenvalue weighted by molar-refractivity contribution is 0.0696. The Labute approximate surface area is 127 Å². The maximum atomic E-state index is 10.6. The van der Waals surface area contributed by atoms with Crippen LogP contribution in [-0.2, 0) is 10.1 Å². The summed E-state index contributed by atoms with van der Waals surface area (Å²) in [7, 11) is -4.00. The number of hydrogen-bond acceptors (Lipinski definition) is 5. The Morgan fingerprint density at radius 3 is 2.05 bits per heavy atom. The Morgan fingerprint density at radius 1 is 1.09 bits per heavy atom. The molecule has 0 heterocycles. The normalized spacial score (nSPS) is 10.5. The average Bonchev–Trinajstić information content (AvgIpc) is 2.43. The number of aromatic carboxylic acids is 1. The fraction of sp³-hybridized carbons (Fsp3) is 0.0714. The first-order valence-corrected chi connectivity index (χ1v) is 7.48. The van der Waals surface area contributed by atoms with Crippen LogP contribution in [0.15, 0.2) is 47.4 Å². The first-order chi connectivity index (χ1) is 10.1. The van der Waals surface area contributed by atoms with E-state index < -0.39 is 16.1 Å². The van der Waals surface area contributed by atoms with Gasteiger partial charge in [0, 0.05) is 11.4 Å². The van der Waals surface area contributed by atoms with Crippen molar-refractivity contribution in [2.45, 2.75) is 11.8 Å². The van der Waals surface area contributed by atoms with Crippen LogP contribution in [0.5, 0.6) is 0 Å². The summed E-state index contributed by atoms with van der Waals surface area (Å²) in [6.07, 6.45) is 0. The van der Waals surface area contributed by atoms with Gasteiger partial charge in [-0.2, -0.15) is 8.42 Å². The molecule has 0 aromatic heterocycles. The van der Waals surface area contributed by atoms with Gasteiger partial charge in [-0.05, 0) is 36.8 Å². The SMILES string of the molecule is Cc1c(N)cc(N)cc1C(=O)O.O=S(=O)(O)c1ccccc1. The van der Waals surface area contributed by atoms with Gasteiger partial charge in [-0.1, -0.05) is 18.2 Å². The molecule has 0 bridgehead atoms. The standard InChI is InChI=1S/C8H10N2O2.C6H6O3S/c1-4-6(8(11)12)2-5(9)3-7(4)10;7-10(8,9)6-4-2-1-3-5-6/h2-3H,9-10H2,1H3,(H,11,12);1-5H,(H,7,8,9). The lowest BCUT2D eigenvalue weighted by Gasteiger charge is -2.05. The Morgan fingerprint density at radius 2 is 1.64 bits per heavy atom. The molecule has 22 heavy (non-hydrogen) atoms. The number of benzene rings is 2. The summed E-state index contributed by atoms with van der Waals surface area (Å²) in [5.41, 5.74) is 12.4. The molecular weight excluding hydrogens is 308 g/mol. The molecule has 0 saturated carbocycles. The van der Waals surface area contributed by atoms with Crippen molar-refractivity contribution >= 4 is 27.5 Å². The van der Waals surface area contributed by atoms with E-state index in [0.717, 1.165) is 0 Å². The van der Waals surface area contributed by atoms with E-state index in [-0.39, 0.29) is 10.5 Å². The number of carboxylic acid groups (broad SMARTS) is 1. The second kappa shape index (κ2) is 6.92. The van der Waals surface area contributed by atoms with Crippen LogP contribution in [-0.4, -0.2) is 24.0 Å². The fourth-order valence-electron chi connectivity index (χ4n) is 1.57. The molecule has 0 spiro atoms. The topological polar surface area (TPSA) is 144 Å². The fourth-order valence-corrected chi connectivity index (χ4v) is 2.08. The second-order valence-electron chi connectivity index (χ2n) is 4.38. The van der Waals surface area contributed by atoms with Crippen molar-refractivity contribution in [2.24, 2.45) is 0 Å². The number of carboxylic acids is 1. The first kappa shape index (κ1) is 17.5. The highest BCUT2D eigenvalue weighted by Gasteiger charge is 2.09. The maximum Gasteiger partial charge on any atom is 0.336 e. The third-order valence-electron chi connectivity index (χ3n) is 2.74. The highest BCUT2D eigenvalue weighted by molar-refractivity contribution is 7.85. The molecule has 0 atom stereocenters. The zero-order chi connectivity index (χ0) is 16.9. The molecule has 0 aliphatic carbocycles. The third-order valence-corrected chi connectivity index (χ3v) is 3.61. The van der Waals surface area contributed by atoms with E-state index in [1.165, 1.54) is 18.2 Å². The Balaban J connectivity index is 0.000000224. The number of anilines is 2. The quantitative estimate of drug-likeness (QED) is 0.487. The van der Waals surface area contributed by atoms with Crippen LogP contribution < -0.4 is 11.5 Å². The predicted molar refractivity (Wildman–Crippen MR) is 83.2 cm³/mol. The van der Waals surface area contributed by atoms with Crippen molar-refractivity contribution in [2.75, 3.05) is 11.5 Å². The molecule has 0 amide bonds. The van der Waals surface area contributed by atoms with Gasteiger partial charge >= 0.3 is 5.97 Å². The van der Waals surface area contributed by atoms with Gasteiger partial charge in [0.1, 0.15) is 0 Å². The minimum atomic E-state index is -4.00. The summed E-state index contributed by atoms with van der Waals surface area (Å²) in [6.45, 7) is 1.65. The van der Waals surface area contributed by atoms with E-state index in [4.69, 9.17) is 21.1 Å². The van der Waals surface area contributed by atoms with Crippen molar-refractivity contribution in [3.8, 4) is 0 Å². The first-order valence-electron chi connectivity index (χ1n) is 6.04. The van der Waals surface area contributed by atoms with Gasteiger partial charge in [0.15, 0.2) is 0 Å². The monoisotopic (exact) mass is 324 g/mol. The summed E-state index contributed by atoms with van der Waals surface area (Å²) in [6, 6.07) is 10.4. The molecule has 0 radical (unpaired) electrons. The van der Waals surface area contributed by atoms with E-state index in [9.17, 15) is 13.2 Å². The number of carbonyl (C=O) groups is 1. The molecule has 2 rings (SSSR count). The van der Waals surface area contributed by atoms with Crippen LogP contribution >= 0.6 is 0 Å².